The molecule has 0 aromatic rings. The van der Waals surface area contributed by atoms with Crippen molar-refractivity contribution in [2.45, 2.75) is 46.0 Å². The maximum absolute atomic E-state index is 10.1. The van der Waals surface area contributed by atoms with Gasteiger partial charge in [0.25, 0.3) is 0 Å². The molecular formula is C10H18O. The first kappa shape index (κ1) is 10.4. The van der Waals surface area contributed by atoms with E-state index in [1.807, 2.05) is 0 Å². The Hall–Kier alpha value is -0.590. The molecule has 0 bridgehead atoms. The number of unbranched alkanes of at least 4 members (excludes halogenated alkanes) is 2. The van der Waals surface area contributed by atoms with Gasteiger partial charge in [0.05, 0.1) is 0 Å². The van der Waals surface area contributed by atoms with Gasteiger partial charge in [0.2, 0.25) is 0 Å². The number of hydrogen-bond acceptors (Lipinski definition) is 1. The van der Waals surface area contributed by atoms with E-state index in [0.717, 1.165) is 19.1 Å². The molecule has 0 atom stereocenters. The van der Waals surface area contributed by atoms with E-state index in [1.165, 1.54) is 24.8 Å². The number of aldehydes is 1. The van der Waals surface area contributed by atoms with Gasteiger partial charge in [-0.05, 0) is 25.3 Å². The molecule has 0 unspecified atom stereocenters. The standard InChI is InChI=1S/C10H18O/c1-3-5-6-7-10(4-2)8-9-11/h8-9H,3-7H2,1-2H3/b10-8-. The predicted octanol–water partition coefficient (Wildman–Crippen LogP) is 3.10. The average molecular weight is 154 g/mol. The molecule has 0 saturated heterocycles. The average Bonchev–Trinajstić information content (AvgIpc) is 2.03. The van der Waals surface area contributed by atoms with Crippen LogP contribution in [0.1, 0.15) is 46.0 Å². The van der Waals surface area contributed by atoms with Crippen molar-refractivity contribution in [1.82, 2.24) is 0 Å². The van der Waals surface area contributed by atoms with Gasteiger partial charge in [-0.2, -0.15) is 0 Å². The van der Waals surface area contributed by atoms with Crippen LogP contribution >= 0.6 is 0 Å². The SMILES string of the molecule is CCCCC/C(=C\C=O)CC. The van der Waals surface area contributed by atoms with Crippen LogP contribution in [0.2, 0.25) is 0 Å². The van der Waals surface area contributed by atoms with E-state index in [4.69, 9.17) is 0 Å². The van der Waals surface area contributed by atoms with E-state index < -0.39 is 0 Å². The summed E-state index contributed by atoms with van der Waals surface area (Å²) in [7, 11) is 0. The van der Waals surface area contributed by atoms with E-state index in [2.05, 4.69) is 13.8 Å². The van der Waals surface area contributed by atoms with Crippen molar-refractivity contribution in [2.75, 3.05) is 0 Å². The van der Waals surface area contributed by atoms with Crippen LogP contribution in [0.15, 0.2) is 11.6 Å². The van der Waals surface area contributed by atoms with E-state index in [9.17, 15) is 4.79 Å². The molecule has 64 valence electrons. The maximum Gasteiger partial charge on any atom is 0.142 e. The highest BCUT2D eigenvalue weighted by Gasteiger charge is 1.92. The summed E-state index contributed by atoms with van der Waals surface area (Å²) in [6.07, 6.45) is 8.46. The number of carbonyl (C=O) groups is 1. The highest BCUT2D eigenvalue weighted by atomic mass is 16.1. The molecule has 0 aliphatic heterocycles. The first-order valence-electron chi connectivity index (χ1n) is 4.48. The highest BCUT2D eigenvalue weighted by Crippen LogP contribution is 2.10. The second kappa shape index (κ2) is 7.52. The fraction of sp³-hybridized carbons (Fsp3) is 0.700. The molecule has 0 spiro atoms. The normalized spacial score (nSPS) is 11.6. The summed E-state index contributed by atoms with van der Waals surface area (Å²) in [6, 6.07) is 0. The predicted molar refractivity (Wildman–Crippen MR) is 48.6 cm³/mol. The Labute approximate surface area is 69.5 Å². The number of hydrogen-bond donors (Lipinski definition) is 0. The van der Waals surface area contributed by atoms with Crippen LogP contribution in [0.25, 0.3) is 0 Å². The molecule has 0 saturated carbocycles. The summed E-state index contributed by atoms with van der Waals surface area (Å²) in [4.78, 5) is 10.1. The van der Waals surface area contributed by atoms with E-state index in [1.54, 1.807) is 6.08 Å². The summed E-state index contributed by atoms with van der Waals surface area (Å²) >= 11 is 0. The van der Waals surface area contributed by atoms with Crippen molar-refractivity contribution < 1.29 is 4.79 Å². The number of rotatable bonds is 6. The molecule has 0 aliphatic carbocycles. The van der Waals surface area contributed by atoms with Gasteiger partial charge in [0, 0.05) is 0 Å². The van der Waals surface area contributed by atoms with Gasteiger partial charge < -0.3 is 0 Å². The molecule has 11 heavy (non-hydrogen) atoms. The number of allylic oxidation sites excluding steroid dienone is 2. The van der Waals surface area contributed by atoms with Crippen LogP contribution in [0.3, 0.4) is 0 Å². The van der Waals surface area contributed by atoms with Gasteiger partial charge in [-0.15, -0.1) is 0 Å². The Balaban J connectivity index is 3.52. The molecule has 0 rings (SSSR count). The second-order valence-electron chi connectivity index (χ2n) is 2.77. The maximum atomic E-state index is 10.1. The lowest BCUT2D eigenvalue weighted by Gasteiger charge is -2.00. The van der Waals surface area contributed by atoms with Crippen molar-refractivity contribution in [3.63, 3.8) is 0 Å². The lowest BCUT2D eigenvalue weighted by Crippen LogP contribution is -1.83. The monoisotopic (exact) mass is 154 g/mol. The topological polar surface area (TPSA) is 17.1 Å². The van der Waals surface area contributed by atoms with Crippen molar-refractivity contribution >= 4 is 6.29 Å². The molecule has 0 fully saturated rings. The molecule has 0 heterocycles. The zero-order chi connectivity index (χ0) is 8.53. The summed E-state index contributed by atoms with van der Waals surface area (Å²) in [6.45, 7) is 4.29. The molecule has 0 amide bonds. The van der Waals surface area contributed by atoms with Gasteiger partial charge in [0.15, 0.2) is 0 Å². The summed E-state index contributed by atoms with van der Waals surface area (Å²) in [5.74, 6) is 0. The Bertz CT molecular complexity index is 125. The Morgan fingerprint density at radius 3 is 2.45 bits per heavy atom. The zero-order valence-corrected chi connectivity index (χ0v) is 7.60. The Kier molecular flexibility index (Phi) is 7.11. The summed E-state index contributed by atoms with van der Waals surface area (Å²) < 4.78 is 0. The lowest BCUT2D eigenvalue weighted by molar-refractivity contribution is -0.104. The third-order valence-electron chi connectivity index (χ3n) is 1.86. The smallest absolute Gasteiger partial charge is 0.142 e. The lowest BCUT2D eigenvalue weighted by atomic mass is 10.1. The molecule has 0 aromatic heterocycles. The molecular weight excluding hydrogens is 136 g/mol. The Morgan fingerprint density at radius 1 is 1.27 bits per heavy atom. The molecule has 0 aliphatic rings. The van der Waals surface area contributed by atoms with Crippen molar-refractivity contribution in [3.8, 4) is 0 Å². The first-order chi connectivity index (χ1) is 5.35. The molecule has 0 radical (unpaired) electrons. The molecule has 0 N–H and O–H groups in total. The molecule has 1 nitrogen and oxygen atoms in total. The van der Waals surface area contributed by atoms with Crippen molar-refractivity contribution in [1.29, 1.82) is 0 Å². The van der Waals surface area contributed by atoms with Gasteiger partial charge in [-0.1, -0.05) is 32.3 Å². The van der Waals surface area contributed by atoms with Crippen LogP contribution in [-0.2, 0) is 4.79 Å². The van der Waals surface area contributed by atoms with Gasteiger partial charge in [0.1, 0.15) is 6.29 Å². The molecule has 1 heteroatoms. The van der Waals surface area contributed by atoms with Crippen LogP contribution < -0.4 is 0 Å². The van der Waals surface area contributed by atoms with E-state index in [0.29, 0.717) is 0 Å². The van der Waals surface area contributed by atoms with Gasteiger partial charge >= 0.3 is 0 Å². The summed E-state index contributed by atoms with van der Waals surface area (Å²) in [5.41, 5.74) is 1.29. The zero-order valence-electron chi connectivity index (χ0n) is 7.60. The third kappa shape index (κ3) is 5.84. The minimum atomic E-state index is 0.894. The fourth-order valence-corrected chi connectivity index (χ4v) is 1.08. The highest BCUT2D eigenvalue weighted by molar-refractivity contribution is 5.66. The van der Waals surface area contributed by atoms with Crippen molar-refractivity contribution in [3.05, 3.63) is 11.6 Å². The van der Waals surface area contributed by atoms with Crippen molar-refractivity contribution in [2.24, 2.45) is 0 Å². The van der Waals surface area contributed by atoms with Crippen LogP contribution in [-0.4, -0.2) is 6.29 Å². The number of carbonyl (C=O) groups excluding carboxylic acids is 1. The fourth-order valence-electron chi connectivity index (χ4n) is 1.08. The second-order valence-corrected chi connectivity index (χ2v) is 2.77. The van der Waals surface area contributed by atoms with Gasteiger partial charge in [-0.25, -0.2) is 0 Å². The third-order valence-corrected chi connectivity index (χ3v) is 1.86. The van der Waals surface area contributed by atoms with Crippen LogP contribution in [0.4, 0.5) is 0 Å². The van der Waals surface area contributed by atoms with Crippen LogP contribution in [0.5, 0.6) is 0 Å². The first-order valence-corrected chi connectivity index (χ1v) is 4.48. The molecule has 0 aromatic carbocycles. The minimum absolute atomic E-state index is 0.894. The van der Waals surface area contributed by atoms with Crippen LogP contribution in [0, 0.1) is 0 Å². The van der Waals surface area contributed by atoms with E-state index in [-0.39, 0.29) is 0 Å². The quantitative estimate of drug-likeness (QED) is 0.326. The minimum Gasteiger partial charge on any atom is -0.299 e. The van der Waals surface area contributed by atoms with E-state index >= 15 is 0 Å². The largest absolute Gasteiger partial charge is 0.299 e. The van der Waals surface area contributed by atoms with Gasteiger partial charge in [-0.3, -0.25) is 4.79 Å². The summed E-state index contributed by atoms with van der Waals surface area (Å²) in [5, 5.41) is 0. The Morgan fingerprint density at radius 2 is 2.00 bits per heavy atom.